The summed E-state index contributed by atoms with van der Waals surface area (Å²) in [6.07, 6.45) is 6.72. The van der Waals surface area contributed by atoms with Gasteiger partial charge >= 0.3 is 0 Å². The average Bonchev–Trinajstić information content (AvgIpc) is 3.17. The maximum Gasteiger partial charge on any atom is 0.230 e. The van der Waals surface area contributed by atoms with E-state index < -0.39 is 0 Å². The monoisotopic (exact) mass is 390 g/mol. The van der Waals surface area contributed by atoms with Crippen LogP contribution >= 0.6 is 23.4 Å². The average molecular weight is 391 g/mol. The fourth-order valence-corrected chi connectivity index (χ4v) is 5.00. The number of rotatable bonds is 5. The maximum absolute atomic E-state index is 12.3. The summed E-state index contributed by atoms with van der Waals surface area (Å²) in [7, 11) is 0. The third-order valence-corrected chi connectivity index (χ3v) is 6.47. The lowest BCUT2D eigenvalue weighted by molar-refractivity contribution is -0.119. The number of thioether (sulfide) groups is 1. The first-order valence-electron chi connectivity index (χ1n) is 9.33. The van der Waals surface area contributed by atoms with Crippen LogP contribution in [0.15, 0.2) is 23.1 Å². The van der Waals surface area contributed by atoms with E-state index in [9.17, 15) is 4.79 Å². The second-order valence-corrected chi connectivity index (χ2v) is 8.38. The number of fused-ring (bicyclic) bond motifs is 2. The van der Waals surface area contributed by atoms with Gasteiger partial charge in [0.25, 0.3) is 0 Å². The quantitative estimate of drug-likeness (QED) is 0.779. The zero-order valence-electron chi connectivity index (χ0n) is 14.7. The predicted octanol–water partition coefficient (Wildman–Crippen LogP) is 4.15. The maximum atomic E-state index is 12.3. The number of halogens is 1. The molecule has 1 aliphatic carbocycles. The van der Waals surface area contributed by atoms with E-state index in [0.717, 1.165) is 43.2 Å². The smallest absolute Gasteiger partial charge is 0.230 e. The Balaban J connectivity index is 1.52. The Hall–Kier alpha value is -1.30. The second kappa shape index (κ2) is 8.15. The highest BCUT2D eigenvalue weighted by Crippen LogP contribution is 2.37. The molecule has 0 radical (unpaired) electrons. The van der Waals surface area contributed by atoms with Crippen LogP contribution in [0, 0.1) is 0 Å². The minimum atomic E-state index is 0.0575. The van der Waals surface area contributed by atoms with Crippen molar-refractivity contribution in [2.24, 2.45) is 0 Å². The first kappa shape index (κ1) is 18.1. The molecule has 0 spiro atoms. The van der Waals surface area contributed by atoms with Gasteiger partial charge in [0.2, 0.25) is 5.91 Å². The topological polar surface area (TPSA) is 51.2 Å². The summed E-state index contributed by atoms with van der Waals surface area (Å²) < 4.78 is 5.57. The van der Waals surface area contributed by atoms with Crippen molar-refractivity contribution < 1.29 is 9.53 Å². The summed E-state index contributed by atoms with van der Waals surface area (Å²) >= 11 is 7.84. The van der Waals surface area contributed by atoms with Crippen molar-refractivity contribution in [2.75, 3.05) is 18.9 Å². The van der Waals surface area contributed by atoms with Gasteiger partial charge in [0, 0.05) is 34.1 Å². The van der Waals surface area contributed by atoms with Gasteiger partial charge in [-0.3, -0.25) is 9.78 Å². The van der Waals surface area contributed by atoms with Crippen LogP contribution < -0.4 is 5.32 Å². The van der Waals surface area contributed by atoms with Crippen molar-refractivity contribution in [1.82, 2.24) is 10.3 Å². The molecular formula is C20H23ClN2O2S. The number of nitrogens with one attached hydrogen (secondary N) is 1. The fourth-order valence-electron chi connectivity index (χ4n) is 3.74. The van der Waals surface area contributed by atoms with Gasteiger partial charge in [-0.1, -0.05) is 11.6 Å². The van der Waals surface area contributed by atoms with Crippen LogP contribution in [0.4, 0.5) is 0 Å². The minimum Gasteiger partial charge on any atom is -0.376 e. The summed E-state index contributed by atoms with van der Waals surface area (Å²) in [4.78, 5) is 18.3. The Labute approximate surface area is 163 Å². The molecule has 1 amide bonds. The van der Waals surface area contributed by atoms with Gasteiger partial charge in [0.15, 0.2) is 0 Å². The molecule has 1 atom stereocenters. The van der Waals surface area contributed by atoms with Crippen molar-refractivity contribution in [2.45, 2.75) is 49.5 Å². The molecule has 2 aliphatic rings. The molecule has 0 saturated carbocycles. The largest absolute Gasteiger partial charge is 0.376 e. The summed E-state index contributed by atoms with van der Waals surface area (Å²) in [6.45, 7) is 1.42. The lowest BCUT2D eigenvalue weighted by Crippen LogP contribution is -2.32. The molecule has 1 aromatic carbocycles. The van der Waals surface area contributed by atoms with Gasteiger partial charge in [-0.2, -0.15) is 0 Å². The molecule has 4 nitrogen and oxygen atoms in total. The van der Waals surface area contributed by atoms with Gasteiger partial charge < -0.3 is 10.1 Å². The van der Waals surface area contributed by atoms with E-state index in [1.54, 1.807) is 11.8 Å². The normalized spacial score (nSPS) is 19.5. The standard InChI is InChI=1S/C20H23ClN2O2S/c21-13-7-8-18-16(10-13)20(15-5-1-2-6-17(15)23-18)26-12-19(24)22-11-14-4-3-9-25-14/h7-8,10,14H,1-6,9,11-12H2,(H,22,24)/t14-/m1/s1. The van der Waals surface area contributed by atoms with E-state index in [0.29, 0.717) is 17.3 Å². The molecule has 2 heterocycles. The molecule has 1 aliphatic heterocycles. The first-order chi connectivity index (χ1) is 12.7. The Morgan fingerprint density at radius 1 is 1.31 bits per heavy atom. The number of aromatic nitrogens is 1. The van der Waals surface area contributed by atoms with E-state index in [4.69, 9.17) is 21.3 Å². The molecule has 0 unspecified atom stereocenters. The second-order valence-electron chi connectivity index (χ2n) is 6.96. The number of nitrogens with zero attached hydrogens (tertiary/aromatic N) is 1. The summed E-state index contributed by atoms with van der Waals surface area (Å²) in [5.41, 5.74) is 3.47. The van der Waals surface area contributed by atoms with Crippen molar-refractivity contribution in [3.05, 3.63) is 34.5 Å². The van der Waals surface area contributed by atoms with Crippen LogP contribution in [0.2, 0.25) is 5.02 Å². The van der Waals surface area contributed by atoms with Crippen molar-refractivity contribution in [3.63, 3.8) is 0 Å². The third-order valence-electron chi connectivity index (χ3n) is 5.07. The first-order valence-corrected chi connectivity index (χ1v) is 10.7. The molecule has 1 fully saturated rings. The Kier molecular flexibility index (Phi) is 5.67. The number of hydrogen-bond acceptors (Lipinski definition) is 4. The van der Waals surface area contributed by atoms with Gasteiger partial charge in [0.1, 0.15) is 0 Å². The van der Waals surface area contributed by atoms with Crippen molar-refractivity contribution in [1.29, 1.82) is 0 Å². The Morgan fingerprint density at radius 2 is 2.19 bits per heavy atom. The molecule has 1 saturated heterocycles. The lowest BCUT2D eigenvalue weighted by Gasteiger charge is -2.20. The van der Waals surface area contributed by atoms with Gasteiger partial charge in [-0.15, -0.1) is 11.8 Å². The van der Waals surface area contributed by atoms with E-state index >= 15 is 0 Å². The number of pyridine rings is 1. The highest BCUT2D eigenvalue weighted by molar-refractivity contribution is 8.00. The number of carbonyl (C=O) groups is 1. The molecule has 4 rings (SSSR count). The highest BCUT2D eigenvalue weighted by atomic mass is 35.5. The van der Waals surface area contributed by atoms with Crippen molar-refractivity contribution >= 4 is 40.2 Å². The highest BCUT2D eigenvalue weighted by Gasteiger charge is 2.20. The fraction of sp³-hybridized carbons (Fsp3) is 0.500. The molecule has 26 heavy (non-hydrogen) atoms. The lowest BCUT2D eigenvalue weighted by atomic mass is 9.94. The van der Waals surface area contributed by atoms with Crippen LogP contribution in [0.1, 0.15) is 36.9 Å². The summed E-state index contributed by atoms with van der Waals surface area (Å²) in [5, 5.41) is 4.78. The van der Waals surface area contributed by atoms with E-state index in [1.807, 2.05) is 18.2 Å². The molecular weight excluding hydrogens is 368 g/mol. The Bertz CT molecular complexity index is 821. The van der Waals surface area contributed by atoms with E-state index in [1.165, 1.54) is 29.0 Å². The van der Waals surface area contributed by atoms with Gasteiger partial charge in [-0.05, 0) is 62.3 Å². The Morgan fingerprint density at radius 3 is 3.04 bits per heavy atom. The predicted molar refractivity (Wildman–Crippen MR) is 106 cm³/mol. The number of hydrogen-bond donors (Lipinski definition) is 1. The molecule has 2 aromatic rings. The SMILES string of the molecule is O=C(CSc1c2c(nc3ccc(Cl)cc13)CCCC2)NC[C@H]1CCCO1. The molecule has 1 N–H and O–H groups in total. The number of aryl methyl sites for hydroxylation is 1. The number of benzene rings is 1. The number of amides is 1. The van der Waals surface area contributed by atoms with E-state index in [-0.39, 0.29) is 12.0 Å². The van der Waals surface area contributed by atoms with Crippen LogP contribution in [-0.4, -0.2) is 35.9 Å². The third kappa shape index (κ3) is 4.00. The van der Waals surface area contributed by atoms with Crippen LogP contribution in [-0.2, 0) is 22.4 Å². The molecule has 6 heteroatoms. The zero-order chi connectivity index (χ0) is 17.9. The molecule has 1 aromatic heterocycles. The van der Waals surface area contributed by atoms with Crippen LogP contribution in [0.3, 0.4) is 0 Å². The van der Waals surface area contributed by atoms with Crippen LogP contribution in [0.25, 0.3) is 10.9 Å². The summed E-state index contributed by atoms with van der Waals surface area (Å²) in [5.74, 6) is 0.465. The van der Waals surface area contributed by atoms with Gasteiger partial charge in [0.05, 0.1) is 17.4 Å². The van der Waals surface area contributed by atoms with E-state index in [2.05, 4.69) is 5.32 Å². The zero-order valence-corrected chi connectivity index (χ0v) is 16.3. The van der Waals surface area contributed by atoms with Crippen molar-refractivity contribution in [3.8, 4) is 0 Å². The molecule has 0 bridgehead atoms. The number of carbonyl (C=O) groups excluding carboxylic acids is 1. The minimum absolute atomic E-state index is 0.0575. The molecule has 138 valence electrons. The van der Waals surface area contributed by atoms with Crippen LogP contribution in [0.5, 0.6) is 0 Å². The van der Waals surface area contributed by atoms with Gasteiger partial charge in [-0.25, -0.2) is 0 Å². The number of ether oxygens (including phenoxy) is 1. The summed E-state index contributed by atoms with van der Waals surface area (Å²) in [6, 6.07) is 5.84.